The van der Waals surface area contributed by atoms with E-state index in [0.717, 1.165) is 20.3 Å². The van der Waals surface area contributed by atoms with E-state index in [9.17, 15) is 9.59 Å². The summed E-state index contributed by atoms with van der Waals surface area (Å²) in [7, 11) is 0. The number of benzene rings is 3. The fourth-order valence-corrected chi connectivity index (χ4v) is 6.50. The highest BCUT2D eigenvalue weighted by atomic mass is 127. The summed E-state index contributed by atoms with van der Waals surface area (Å²) >= 11 is 10.2. The lowest BCUT2D eigenvalue weighted by Gasteiger charge is -2.24. The topological polar surface area (TPSA) is 79.1 Å². The molecule has 0 radical (unpaired) electrons. The van der Waals surface area contributed by atoms with Crippen molar-refractivity contribution in [3.63, 3.8) is 0 Å². The lowest BCUT2D eigenvalue weighted by molar-refractivity contribution is -0.139. The Bertz CT molecular complexity index is 1880. The first-order chi connectivity index (χ1) is 20.7. The highest BCUT2D eigenvalue weighted by Crippen LogP contribution is 2.37. The predicted octanol–water partition coefficient (Wildman–Crippen LogP) is 6.34. The number of allylic oxidation sites excluding steroid dienone is 1. The van der Waals surface area contributed by atoms with Crippen molar-refractivity contribution in [2.24, 2.45) is 4.99 Å². The van der Waals surface area contributed by atoms with Crippen molar-refractivity contribution < 1.29 is 19.0 Å². The van der Waals surface area contributed by atoms with E-state index in [-0.39, 0.29) is 12.2 Å². The maximum absolute atomic E-state index is 14.0. The van der Waals surface area contributed by atoms with Gasteiger partial charge in [0.15, 0.2) is 16.3 Å². The number of rotatable bonds is 9. The van der Waals surface area contributed by atoms with E-state index in [0.29, 0.717) is 55.9 Å². The molecule has 0 bridgehead atoms. The van der Waals surface area contributed by atoms with E-state index in [1.54, 1.807) is 30.6 Å². The van der Waals surface area contributed by atoms with Crippen LogP contribution in [0.15, 0.2) is 81.7 Å². The molecule has 0 amide bonds. The average molecular weight is 729 g/mol. The molecular weight excluding hydrogens is 699 g/mol. The average Bonchev–Trinajstić information content (AvgIpc) is 3.27. The zero-order valence-corrected chi connectivity index (χ0v) is 27.9. The van der Waals surface area contributed by atoms with Crippen LogP contribution in [0.25, 0.3) is 6.08 Å². The number of thiazole rings is 1. The number of hydrogen-bond acceptors (Lipinski definition) is 7. The Kier molecular flexibility index (Phi) is 9.73. The summed E-state index contributed by atoms with van der Waals surface area (Å²) in [6.45, 7) is 8.36. The highest BCUT2D eigenvalue weighted by molar-refractivity contribution is 14.1. The number of fused-ring (bicyclic) bond motifs is 1. The zero-order valence-electron chi connectivity index (χ0n) is 24.1. The Morgan fingerprint density at radius 3 is 2.44 bits per heavy atom. The van der Waals surface area contributed by atoms with Crippen LogP contribution < -0.4 is 24.4 Å². The van der Waals surface area contributed by atoms with Crippen LogP contribution in [-0.4, -0.2) is 23.8 Å². The molecule has 3 aromatic carbocycles. The van der Waals surface area contributed by atoms with Crippen molar-refractivity contribution in [3.05, 3.63) is 122 Å². The van der Waals surface area contributed by atoms with Gasteiger partial charge in [-0.25, -0.2) is 9.79 Å². The molecule has 0 N–H and O–H groups in total. The van der Waals surface area contributed by atoms with Crippen LogP contribution >= 0.6 is 45.5 Å². The minimum absolute atomic E-state index is 0.216. The molecule has 5 rings (SSSR count). The molecule has 7 nitrogen and oxygen atoms in total. The van der Waals surface area contributed by atoms with Crippen molar-refractivity contribution in [2.45, 2.75) is 40.3 Å². The molecule has 43 heavy (non-hydrogen) atoms. The van der Waals surface area contributed by atoms with Gasteiger partial charge in [-0.3, -0.25) is 9.36 Å². The minimum Gasteiger partial charge on any atom is -0.490 e. The van der Waals surface area contributed by atoms with Gasteiger partial charge in [-0.1, -0.05) is 64.9 Å². The molecule has 0 saturated heterocycles. The highest BCUT2D eigenvalue weighted by Gasteiger charge is 2.33. The van der Waals surface area contributed by atoms with E-state index >= 15 is 0 Å². The van der Waals surface area contributed by atoms with Gasteiger partial charge in [0.2, 0.25) is 0 Å². The Morgan fingerprint density at radius 1 is 1.05 bits per heavy atom. The van der Waals surface area contributed by atoms with E-state index in [4.69, 9.17) is 25.8 Å². The number of carbonyl (C=O) groups is 1. The second kappa shape index (κ2) is 13.5. The van der Waals surface area contributed by atoms with Crippen LogP contribution in [0.5, 0.6) is 11.5 Å². The maximum atomic E-state index is 14.0. The molecule has 0 fully saturated rings. The SMILES string of the molecule is CCOC(=O)C1=C(C)N=c2s/c(=C/c3cc(Cl)c(OCc4ccc(I)cc4)c(OCC)c3)c(=O)n2[C@H]1c1ccc(C)cc1. The normalized spacial score (nSPS) is 14.7. The van der Waals surface area contributed by atoms with Crippen LogP contribution in [0.4, 0.5) is 0 Å². The van der Waals surface area contributed by atoms with Crippen LogP contribution in [0.3, 0.4) is 0 Å². The fraction of sp³-hybridized carbons (Fsp3) is 0.242. The van der Waals surface area contributed by atoms with Crippen LogP contribution in [0.1, 0.15) is 49.1 Å². The van der Waals surface area contributed by atoms with E-state index in [1.807, 2.05) is 68.4 Å². The van der Waals surface area contributed by atoms with Crippen LogP contribution in [0.2, 0.25) is 5.02 Å². The third kappa shape index (κ3) is 6.73. The summed E-state index contributed by atoms with van der Waals surface area (Å²) in [4.78, 5) is 32.2. The van der Waals surface area contributed by atoms with Gasteiger partial charge in [0.25, 0.3) is 5.56 Å². The number of aryl methyl sites for hydroxylation is 1. The second-order valence-corrected chi connectivity index (χ2v) is 12.6. The van der Waals surface area contributed by atoms with Crippen LogP contribution in [0, 0.1) is 10.5 Å². The first-order valence-corrected chi connectivity index (χ1v) is 16.1. The molecular formula is C33H30ClIN2O5S. The van der Waals surface area contributed by atoms with Gasteiger partial charge in [-0.2, -0.15) is 0 Å². The van der Waals surface area contributed by atoms with Gasteiger partial charge < -0.3 is 14.2 Å². The molecule has 4 aromatic rings. The fourth-order valence-electron chi connectivity index (χ4n) is 4.82. The molecule has 1 atom stereocenters. The summed E-state index contributed by atoms with van der Waals surface area (Å²) in [6.07, 6.45) is 1.76. The number of halogens is 2. The number of carbonyl (C=O) groups excluding carboxylic acids is 1. The van der Waals surface area contributed by atoms with Gasteiger partial charge in [0, 0.05) is 3.57 Å². The number of nitrogens with zero attached hydrogens (tertiary/aromatic N) is 2. The maximum Gasteiger partial charge on any atom is 0.338 e. The monoisotopic (exact) mass is 728 g/mol. The molecule has 0 saturated carbocycles. The van der Waals surface area contributed by atoms with Crippen molar-refractivity contribution in [2.75, 3.05) is 13.2 Å². The summed E-state index contributed by atoms with van der Waals surface area (Å²) in [5.74, 6) is 0.435. The Hall–Kier alpha value is -3.41. The Labute approximate surface area is 272 Å². The van der Waals surface area contributed by atoms with E-state index < -0.39 is 12.0 Å². The Morgan fingerprint density at radius 2 is 1.77 bits per heavy atom. The van der Waals surface area contributed by atoms with Gasteiger partial charge in [0.1, 0.15) is 6.61 Å². The van der Waals surface area contributed by atoms with Gasteiger partial charge in [0.05, 0.1) is 40.1 Å². The quantitative estimate of drug-likeness (QED) is 0.149. The molecule has 2 heterocycles. The molecule has 1 aromatic heterocycles. The van der Waals surface area contributed by atoms with Crippen molar-refractivity contribution in [1.29, 1.82) is 0 Å². The summed E-state index contributed by atoms with van der Waals surface area (Å²) in [5, 5.41) is 0.369. The smallest absolute Gasteiger partial charge is 0.338 e. The standard InChI is InChI=1S/C33H30ClIN2O5S/c1-5-40-26-16-22(15-25(34)30(26)42-18-21-9-13-24(35)14-10-21)17-27-31(38)37-29(23-11-7-19(3)8-12-23)28(32(39)41-6-2)20(4)36-33(37)43-27/h7-17,29H,5-6,18H2,1-4H3/b27-17+/t29-/m0/s1. The second-order valence-electron chi connectivity index (χ2n) is 9.89. The van der Waals surface area contributed by atoms with Gasteiger partial charge in [-0.15, -0.1) is 0 Å². The minimum atomic E-state index is -0.669. The molecule has 0 unspecified atom stereocenters. The first-order valence-electron chi connectivity index (χ1n) is 13.8. The zero-order chi connectivity index (χ0) is 30.7. The summed E-state index contributed by atoms with van der Waals surface area (Å²) in [6, 6.07) is 18.7. The largest absolute Gasteiger partial charge is 0.490 e. The lowest BCUT2D eigenvalue weighted by Crippen LogP contribution is -2.39. The van der Waals surface area contributed by atoms with Gasteiger partial charge in [-0.05, 0) is 97.3 Å². The van der Waals surface area contributed by atoms with E-state index in [1.165, 1.54) is 11.3 Å². The third-order valence-electron chi connectivity index (χ3n) is 6.84. The van der Waals surface area contributed by atoms with Gasteiger partial charge >= 0.3 is 5.97 Å². The van der Waals surface area contributed by atoms with Crippen molar-refractivity contribution in [3.8, 4) is 11.5 Å². The predicted molar refractivity (Wildman–Crippen MR) is 178 cm³/mol. The summed E-state index contributed by atoms with van der Waals surface area (Å²) < 4.78 is 20.5. The molecule has 0 aliphatic carbocycles. The number of esters is 1. The Balaban J connectivity index is 1.58. The molecule has 222 valence electrons. The molecule has 1 aliphatic heterocycles. The van der Waals surface area contributed by atoms with Crippen molar-refractivity contribution >= 4 is 57.6 Å². The number of aromatic nitrogens is 1. The van der Waals surface area contributed by atoms with Crippen LogP contribution in [-0.2, 0) is 16.1 Å². The number of hydrogen-bond donors (Lipinski definition) is 0. The number of ether oxygens (including phenoxy) is 3. The first kappa shape index (κ1) is 31.0. The lowest BCUT2D eigenvalue weighted by atomic mass is 9.95. The third-order valence-corrected chi connectivity index (χ3v) is 8.82. The van der Waals surface area contributed by atoms with Crippen molar-refractivity contribution in [1.82, 2.24) is 4.57 Å². The molecule has 0 spiro atoms. The molecule has 10 heteroatoms. The van der Waals surface area contributed by atoms with E-state index in [2.05, 4.69) is 27.6 Å². The molecule has 1 aliphatic rings. The summed E-state index contributed by atoms with van der Waals surface area (Å²) in [5.41, 5.74) is 4.15.